The molecule has 1 heterocycles. The second-order valence-corrected chi connectivity index (χ2v) is 9.99. The maximum Gasteiger partial charge on any atom is 0.224 e. The van der Waals surface area contributed by atoms with Crippen LogP contribution in [0.1, 0.15) is 43.2 Å². The molecule has 0 radical (unpaired) electrons. The van der Waals surface area contributed by atoms with Crippen LogP contribution in [-0.4, -0.2) is 22.7 Å². The monoisotopic (exact) mass is 434 g/mol. The van der Waals surface area contributed by atoms with Gasteiger partial charge >= 0.3 is 0 Å². The molecule has 0 spiro atoms. The van der Waals surface area contributed by atoms with E-state index in [9.17, 15) is 5.26 Å². The lowest BCUT2D eigenvalue weighted by atomic mass is 9.46. The Hall–Kier alpha value is -2.65. The molecule has 3 unspecified atom stereocenters. The number of hydrogen-bond donors (Lipinski definition) is 3. The summed E-state index contributed by atoms with van der Waals surface area (Å²) >= 11 is 6.24. The summed E-state index contributed by atoms with van der Waals surface area (Å²) in [6.07, 6.45) is 9.46. The molecule has 4 bridgehead atoms. The normalized spacial score (nSPS) is 30.6. The van der Waals surface area contributed by atoms with Crippen LogP contribution in [0.4, 0.5) is 11.8 Å². The van der Waals surface area contributed by atoms with Gasteiger partial charge in [0.15, 0.2) is 0 Å². The van der Waals surface area contributed by atoms with Gasteiger partial charge in [0.1, 0.15) is 17.5 Å². The van der Waals surface area contributed by atoms with Crippen LogP contribution in [0.2, 0.25) is 5.02 Å². The molecule has 6 nitrogen and oxygen atoms in total. The topological polar surface area (TPSA) is 97.5 Å². The van der Waals surface area contributed by atoms with Crippen molar-refractivity contribution < 1.29 is 0 Å². The summed E-state index contributed by atoms with van der Waals surface area (Å²) in [5.41, 5.74) is 1.70. The first-order valence-electron chi connectivity index (χ1n) is 11.1. The quantitative estimate of drug-likeness (QED) is 0.525. The van der Waals surface area contributed by atoms with Gasteiger partial charge in [-0.15, -0.1) is 0 Å². The van der Waals surface area contributed by atoms with Crippen molar-refractivity contribution in [3.63, 3.8) is 0 Å². The summed E-state index contributed by atoms with van der Waals surface area (Å²) in [5.74, 6) is 3.65. The zero-order chi connectivity index (χ0) is 21.4. The number of nitrogens with zero attached hydrogens (tertiary/aromatic N) is 3. The fourth-order valence-electron chi connectivity index (χ4n) is 6.49. The van der Waals surface area contributed by atoms with Crippen molar-refractivity contribution in [1.29, 1.82) is 10.7 Å². The highest BCUT2D eigenvalue weighted by atomic mass is 35.5. The van der Waals surface area contributed by atoms with E-state index in [0.717, 1.165) is 18.0 Å². The Morgan fingerprint density at radius 1 is 1.19 bits per heavy atom. The average molecular weight is 435 g/mol. The number of anilines is 2. The Morgan fingerprint density at radius 2 is 1.97 bits per heavy atom. The average Bonchev–Trinajstić information content (AvgIpc) is 2.77. The molecule has 31 heavy (non-hydrogen) atoms. The molecule has 6 rings (SSSR count). The SMILES string of the molecule is N#Cc1cnc(NCc2ccccc2Cl)nc1NCC12CC3C[C@H](C1)C(C=N)[C@@H](C3)C2. The van der Waals surface area contributed by atoms with E-state index in [-0.39, 0.29) is 5.41 Å². The van der Waals surface area contributed by atoms with Gasteiger partial charge in [-0.1, -0.05) is 29.8 Å². The van der Waals surface area contributed by atoms with Crippen molar-refractivity contribution in [1.82, 2.24) is 9.97 Å². The minimum absolute atomic E-state index is 0.263. The lowest BCUT2D eigenvalue weighted by Crippen LogP contribution is -2.53. The molecule has 160 valence electrons. The predicted octanol–water partition coefficient (Wildman–Crippen LogP) is 5.12. The standard InChI is InChI=1S/C24H27ClN6/c25-21-4-2-1-3-16(21)12-28-23-29-13-19(10-26)22(31-23)30-14-24-7-15-5-17(8-24)20(11-27)18(6-15)9-24/h1-4,11,13,15,17-18,20,27H,5-9,12,14H2,(H2,28,29,30,31)/t15?,17-,18+,20?,24?. The van der Waals surface area contributed by atoms with Crippen LogP contribution in [0.3, 0.4) is 0 Å². The Kier molecular flexibility index (Phi) is 5.31. The maximum atomic E-state index is 9.55. The lowest BCUT2D eigenvalue weighted by molar-refractivity contribution is -0.0653. The first kappa shape index (κ1) is 20.3. The smallest absolute Gasteiger partial charge is 0.224 e. The minimum Gasteiger partial charge on any atom is -0.368 e. The van der Waals surface area contributed by atoms with Gasteiger partial charge in [-0.2, -0.15) is 10.2 Å². The fraction of sp³-hybridized carbons (Fsp3) is 0.500. The maximum absolute atomic E-state index is 9.55. The van der Waals surface area contributed by atoms with E-state index in [4.69, 9.17) is 17.0 Å². The van der Waals surface area contributed by atoms with E-state index in [1.807, 2.05) is 24.3 Å². The van der Waals surface area contributed by atoms with Crippen LogP contribution < -0.4 is 10.6 Å². The van der Waals surface area contributed by atoms with Crippen LogP contribution in [-0.2, 0) is 6.54 Å². The number of rotatable bonds is 7. The lowest BCUT2D eigenvalue weighted by Gasteiger charge is -2.59. The van der Waals surface area contributed by atoms with Crippen LogP contribution in [0, 0.1) is 45.8 Å². The van der Waals surface area contributed by atoms with Crippen molar-refractivity contribution in [2.75, 3.05) is 17.2 Å². The highest BCUT2D eigenvalue weighted by molar-refractivity contribution is 6.31. The number of hydrogen-bond acceptors (Lipinski definition) is 6. The van der Waals surface area contributed by atoms with Gasteiger partial charge in [-0.05, 0) is 79.0 Å². The van der Waals surface area contributed by atoms with E-state index in [0.29, 0.717) is 46.7 Å². The van der Waals surface area contributed by atoms with E-state index in [1.165, 1.54) is 32.1 Å². The van der Waals surface area contributed by atoms with Crippen molar-refractivity contribution >= 4 is 29.6 Å². The summed E-state index contributed by atoms with van der Waals surface area (Å²) in [5, 5.41) is 24.8. The molecule has 0 aliphatic heterocycles. The Bertz CT molecular complexity index is 1010. The predicted molar refractivity (Wildman–Crippen MR) is 122 cm³/mol. The van der Waals surface area contributed by atoms with Crippen molar-refractivity contribution in [3.8, 4) is 6.07 Å². The molecule has 1 aromatic carbocycles. The highest BCUT2D eigenvalue weighted by Crippen LogP contribution is 2.61. The molecule has 1 aromatic heterocycles. The first-order valence-corrected chi connectivity index (χ1v) is 11.5. The molecular weight excluding hydrogens is 408 g/mol. The fourth-order valence-corrected chi connectivity index (χ4v) is 6.69. The van der Waals surface area contributed by atoms with Gasteiger partial charge in [-0.25, -0.2) is 4.98 Å². The van der Waals surface area contributed by atoms with E-state index >= 15 is 0 Å². The summed E-state index contributed by atoms with van der Waals surface area (Å²) in [4.78, 5) is 8.90. The number of benzene rings is 1. The number of aromatic nitrogens is 2. The van der Waals surface area contributed by atoms with Gasteiger partial charge in [0.2, 0.25) is 5.95 Å². The van der Waals surface area contributed by atoms with Crippen LogP contribution in [0.25, 0.3) is 0 Å². The first-order chi connectivity index (χ1) is 15.1. The largest absolute Gasteiger partial charge is 0.368 e. The summed E-state index contributed by atoms with van der Waals surface area (Å²) in [6.45, 7) is 1.35. The molecule has 7 heteroatoms. The molecule has 4 fully saturated rings. The van der Waals surface area contributed by atoms with Gasteiger partial charge in [-0.3, -0.25) is 0 Å². The minimum atomic E-state index is 0.263. The molecule has 3 N–H and O–H groups in total. The van der Waals surface area contributed by atoms with Crippen LogP contribution in [0.5, 0.6) is 0 Å². The van der Waals surface area contributed by atoms with Crippen LogP contribution >= 0.6 is 11.6 Å². The molecule has 5 atom stereocenters. The molecule has 2 aromatic rings. The third-order valence-electron chi connectivity index (χ3n) is 7.60. The Balaban J connectivity index is 1.29. The third kappa shape index (κ3) is 3.87. The second kappa shape index (κ2) is 8.12. The Labute approximate surface area is 188 Å². The molecule has 0 saturated heterocycles. The summed E-state index contributed by atoms with van der Waals surface area (Å²) in [7, 11) is 0. The number of nitrogens with one attached hydrogen (secondary N) is 3. The Morgan fingerprint density at radius 3 is 2.68 bits per heavy atom. The van der Waals surface area contributed by atoms with Gasteiger partial charge in [0.05, 0.1) is 6.20 Å². The van der Waals surface area contributed by atoms with Crippen molar-refractivity contribution in [3.05, 3.63) is 46.6 Å². The molecule has 0 amide bonds. The number of halogens is 1. The van der Waals surface area contributed by atoms with Crippen molar-refractivity contribution in [2.45, 2.75) is 38.6 Å². The highest BCUT2D eigenvalue weighted by Gasteiger charge is 2.54. The van der Waals surface area contributed by atoms with E-state index < -0.39 is 0 Å². The van der Waals surface area contributed by atoms with E-state index in [2.05, 4.69) is 26.7 Å². The van der Waals surface area contributed by atoms with Gasteiger partial charge < -0.3 is 16.0 Å². The summed E-state index contributed by atoms with van der Waals surface area (Å²) in [6, 6.07) is 9.89. The molecule has 4 aliphatic carbocycles. The van der Waals surface area contributed by atoms with E-state index in [1.54, 1.807) is 12.4 Å². The third-order valence-corrected chi connectivity index (χ3v) is 7.97. The molecule has 4 aliphatic rings. The van der Waals surface area contributed by atoms with Gasteiger partial charge in [0, 0.05) is 18.1 Å². The zero-order valence-corrected chi connectivity index (χ0v) is 18.2. The van der Waals surface area contributed by atoms with Gasteiger partial charge in [0.25, 0.3) is 0 Å². The molecule has 4 saturated carbocycles. The zero-order valence-electron chi connectivity index (χ0n) is 17.4. The number of nitriles is 1. The molecular formula is C24H27ClN6. The van der Waals surface area contributed by atoms with Crippen molar-refractivity contribution in [2.24, 2.45) is 29.1 Å². The van der Waals surface area contributed by atoms with Crippen LogP contribution in [0.15, 0.2) is 30.5 Å². The second-order valence-electron chi connectivity index (χ2n) is 9.58. The summed E-state index contributed by atoms with van der Waals surface area (Å²) < 4.78 is 0.